The third kappa shape index (κ3) is 3.61. The minimum atomic E-state index is -0.372. The van der Waals surface area contributed by atoms with E-state index in [9.17, 15) is 9.59 Å². The summed E-state index contributed by atoms with van der Waals surface area (Å²) in [4.78, 5) is 33.9. The number of benzene rings is 2. The van der Waals surface area contributed by atoms with Gasteiger partial charge in [-0.1, -0.05) is 42.1 Å². The van der Waals surface area contributed by atoms with Crippen molar-refractivity contribution in [2.24, 2.45) is 0 Å². The van der Waals surface area contributed by atoms with Gasteiger partial charge in [-0.05, 0) is 74.9 Å². The fourth-order valence-corrected chi connectivity index (χ4v) is 6.56. The van der Waals surface area contributed by atoms with Crippen LogP contribution in [0.2, 0.25) is 0 Å². The van der Waals surface area contributed by atoms with E-state index in [1.807, 2.05) is 69.3 Å². The number of nitrogens with zero attached hydrogens (tertiary/aromatic N) is 2. The summed E-state index contributed by atoms with van der Waals surface area (Å²) < 4.78 is 1.68. The maximum absolute atomic E-state index is 13.7. The Morgan fingerprint density at radius 2 is 1.88 bits per heavy atom. The number of ketones is 1. The van der Waals surface area contributed by atoms with Gasteiger partial charge in [0, 0.05) is 10.4 Å². The highest BCUT2D eigenvalue weighted by Crippen LogP contribution is 2.36. The Morgan fingerprint density at radius 1 is 1.09 bits per heavy atom. The molecule has 0 fully saturated rings. The lowest BCUT2D eigenvalue weighted by Crippen LogP contribution is -2.23. The van der Waals surface area contributed by atoms with Crippen molar-refractivity contribution in [2.45, 2.75) is 50.4 Å². The van der Waals surface area contributed by atoms with Crippen LogP contribution >= 0.6 is 23.1 Å². The number of carbonyl (C=O) groups is 1. The quantitative estimate of drug-likeness (QED) is 0.211. The van der Waals surface area contributed by atoms with Crippen molar-refractivity contribution in [3.8, 4) is 5.69 Å². The fourth-order valence-electron chi connectivity index (χ4n) is 4.25. The first-order chi connectivity index (χ1) is 15.4. The van der Waals surface area contributed by atoms with E-state index in [4.69, 9.17) is 4.98 Å². The number of Topliss-reactive ketones (excluding diaryl/α,β-unsaturated/α-hetero) is 1. The molecule has 6 heteroatoms. The number of para-hydroxylation sites is 1. The minimum absolute atomic E-state index is 0.0334. The second-order valence-corrected chi connectivity index (χ2v) is 10.7. The molecular formula is C26H24N2O2S2. The van der Waals surface area contributed by atoms with Crippen molar-refractivity contribution < 1.29 is 4.79 Å². The van der Waals surface area contributed by atoms with Crippen molar-refractivity contribution >= 4 is 39.1 Å². The summed E-state index contributed by atoms with van der Waals surface area (Å²) in [5, 5.41) is 0.949. The van der Waals surface area contributed by atoms with Crippen molar-refractivity contribution in [3.63, 3.8) is 0 Å². The van der Waals surface area contributed by atoms with Crippen LogP contribution < -0.4 is 5.56 Å². The number of aryl methyl sites for hydroxylation is 4. The molecule has 5 rings (SSSR count). The summed E-state index contributed by atoms with van der Waals surface area (Å²) in [6, 6.07) is 15.4. The molecular weight excluding hydrogens is 436 g/mol. The number of fused-ring (bicyclic) bond motifs is 3. The van der Waals surface area contributed by atoms with Crippen LogP contribution in [-0.2, 0) is 12.8 Å². The number of thioether (sulfide) groups is 1. The van der Waals surface area contributed by atoms with E-state index in [0.29, 0.717) is 10.7 Å². The SMILES string of the molecule is Cc1ccc(C(=O)[C@H](C)Sc2nc3sc4c(c3c(=O)n2-c2ccccc2)CCC4)cc1C. The lowest BCUT2D eigenvalue weighted by Gasteiger charge is -2.16. The smallest absolute Gasteiger partial charge is 0.267 e. The molecule has 2 heterocycles. The van der Waals surface area contributed by atoms with Crippen LogP contribution in [0.5, 0.6) is 0 Å². The predicted molar refractivity (Wildman–Crippen MR) is 133 cm³/mol. The van der Waals surface area contributed by atoms with Gasteiger partial charge in [0.25, 0.3) is 5.56 Å². The van der Waals surface area contributed by atoms with E-state index in [-0.39, 0.29) is 16.6 Å². The molecule has 162 valence electrons. The van der Waals surface area contributed by atoms with E-state index in [1.165, 1.54) is 22.2 Å². The van der Waals surface area contributed by atoms with E-state index in [0.717, 1.165) is 46.3 Å². The molecule has 2 aromatic heterocycles. The molecule has 1 aliphatic carbocycles. The highest BCUT2D eigenvalue weighted by atomic mass is 32.2. The van der Waals surface area contributed by atoms with Crippen molar-refractivity contribution in [3.05, 3.63) is 86.0 Å². The van der Waals surface area contributed by atoms with Crippen molar-refractivity contribution in [2.75, 3.05) is 0 Å². The lowest BCUT2D eigenvalue weighted by atomic mass is 10.0. The fraction of sp³-hybridized carbons (Fsp3) is 0.269. The number of thiophene rings is 1. The molecule has 0 saturated heterocycles. The Balaban J connectivity index is 1.60. The molecule has 4 aromatic rings. The molecule has 1 atom stereocenters. The molecule has 1 aliphatic rings. The van der Waals surface area contributed by atoms with Crippen LogP contribution in [0.25, 0.3) is 15.9 Å². The Labute approximate surface area is 195 Å². The van der Waals surface area contributed by atoms with Gasteiger partial charge in [0.2, 0.25) is 0 Å². The second-order valence-electron chi connectivity index (χ2n) is 8.33. The van der Waals surface area contributed by atoms with Gasteiger partial charge in [0.1, 0.15) is 4.83 Å². The van der Waals surface area contributed by atoms with E-state index < -0.39 is 0 Å². The number of aromatic nitrogens is 2. The number of carbonyl (C=O) groups excluding carboxylic acids is 1. The molecule has 4 nitrogen and oxygen atoms in total. The van der Waals surface area contributed by atoms with Gasteiger partial charge < -0.3 is 0 Å². The molecule has 0 spiro atoms. The average Bonchev–Trinajstić information content (AvgIpc) is 3.37. The molecule has 0 unspecified atom stereocenters. The predicted octanol–water partition coefficient (Wildman–Crippen LogP) is 5.92. The maximum Gasteiger partial charge on any atom is 0.267 e. The van der Waals surface area contributed by atoms with Gasteiger partial charge >= 0.3 is 0 Å². The highest BCUT2D eigenvalue weighted by molar-refractivity contribution is 8.00. The minimum Gasteiger partial charge on any atom is -0.293 e. The van der Waals surface area contributed by atoms with Crippen molar-refractivity contribution in [1.82, 2.24) is 9.55 Å². The molecule has 32 heavy (non-hydrogen) atoms. The highest BCUT2D eigenvalue weighted by Gasteiger charge is 2.26. The van der Waals surface area contributed by atoms with E-state index in [1.54, 1.807) is 15.9 Å². The van der Waals surface area contributed by atoms with Gasteiger partial charge in [0.15, 0.2) is 10.9 Å². The maximum atomic E-state index is 13.7. The van der Waals surface area contributed by atoms with Gasteiger partial charge in [-0.2, -0.15) is 0 Å². The molecule has 0 N–H and O–H groups in total. The molecule has 0 amide bonds. The monoisotopic (exact) mass is 460 g/mol. The summed E-state index contributed by atoms with van der Waals surface area (Å²) >= 11 is 2.99. The van der Waals surface area contributed by atoms with Gasteiger partial charge in [0.05, 0.1) is 16.3 Å². The van der Waals surface area contributed by atoms with Crippen LogP contribution in [0.1, 0.15) is 45.3 Å². The summed E-state index contributed by atoms with van der Waals surface area (Å²) in [5.41, 5.74) is 4.87. The zero-order valence-corrected chi connectivity index (χ0v) is 20.0. The number of hydrogen-bond acceptors (Lipinski definition) is 5. The topological polar surface area (TPSA) is 52.0 Å². The van der Waals surface area contributed by atoms with Gasteiger partial charge in [-0.25, -0.2) is 4.98 Å². The Bertz CT molecular complexity index is 1400. The summed E-state index contributed by atoms with van der Waals surface area (Å²) in [5.74, 6) is 0.0423. The largest absolute Gasteiger partial charge is 0.293 e. The first kappa shape index (κ1) is 21.2. The van der Waals surface area contributed by atoms with E-state index >= 15 is 0 Å². The second kappa shape index (κ2) is 8.34. The zero-order valence-electron chi connectivity index (χ0n) is 18.3. The van der Waals surface area contributed by atoms with Crippen molar-refractivity contribution in [1.29, 1.82) is 0 Å². The molecule has 0 aliphatic heterocycles. The van der Waals surface area contributed by atoms with Crippen LogP contribution in [0.15, 0.2) is 58.5 Å². The lowest BCUT2D eigenvalue weighted by molar-refractivity contribution is 0.0993. The summed E-state index contributed by atoms with van der Waals surface area (Å²) in [6.45, 7) is 5.95. The van der Waals surface area contributed by atoms with Crippen LogP contribution in [0, 0.1) is 13.8 Å². The Kier molecular flexibility index (Phi) is 5.51. The normalized spacial score (nSPS) is 14.0. The summed E-state index contributed by atoms with van der Waals surface area (Å²) in [6.07, 6.45) is 3.06. The Hall–Kier alpha value is -2.70. The standard InChI is InChI=1S/C26H24N2O2S2/c1-15-12-13-18(14-16(15)2)23(29)17(3)31-26-27-24-22(20-10-7-11-21(20)32-24)25(30)28(26)19-8-5-4-6-9-19/h4-6,8-9,12-14,17H,7,10-11H2,1-3H3/t17-/m0/s1. The molecule has 0 saturated carbocycles. The third-order valence-electron chi connectivity index (χ3n) is 6.17. The number of hydrogen-bond donors (Lipinski definition) is 0. The van der Waals surface area contributed by atoms with Crippen LogP contribution in [-0.4, -0.2) is 20.6 Å². The average molecular weight is 461 g/mol. The van der Waals surface area contributed by atoms with E-state index in [2.05, 4.69) is 0 Å². The zero-order chi connectivity index (χ0) is 22.4. The molecule has 0 bridgehead atoms. The Morgan fingerprint density at radius 3 is 2.62 bits per heavy atom. The molecule has 0 radical (unpaired) electrons. The van der Waals surface area contributed by atoms with Gasteiger partial charge in [-0.15, -0.1) is 11.3 Å². The first-order valence-electron chi connectivity index (χ1n) is 10.8. The third-order valence-corrected chi connectivity index (χ3v) is 8.40. The first-order valence-corrected chi connectivity index (χ1v) is 12.5. The molecule has 2 aromatic carbocycles. The number of rotatable bonds is 5. The van der Waals surface area contributed by atoms with Crippen LogP contribution in [0.4, 0.5) is 0 Å². The summed E-state index contributed by atoms with van der Waals surface area (Å²) in [7, 11) is 0. The van der Waals surface area contributed by atoms with Crippen LogP contribution in [0.3, 0.4) is 0 Å². The van der Waals surface area contributed by atoms with Gasteiger partial charge in [-0.3, -0.25) is 14.2 Å².